The van der Waals surface area contributed by atoms with Gasteiger partial charge >= 0.3 is 0 Å². The van der Waals surface area contributed by atoms with Crippen molar-refractivity contribution in [2.45, 2.75) is 0 Å². The summed E-state index contributed by atoms with van der Waals surface area (Å²) in [6.07, 6.45) is 0. The molecule has 7 aromatic carbocycles. The van der Waals surface area contributed by atoms with Gasteiger partial charge in [-0.3, -0.25) is 0 Å². The van der Waals surface area contributed by atoms with Crippen LogP contribution in [0.15, 0.2) is 0 Å². The van der Waals surface area contributed by atoms with Gasteiger partial charge in [-0.15, -0.1) is 66.0 Å². The molecule has 11 aromatic rings. The van der Waals surface area contributed by atoms with Crippen LogP contribution < -0.4 is 142 Å². The lowest BCUT2D eigenvalue weighted by Crippen LogP contribution is -2.55. The van der Waals surface area contributed by atoms with Crippen molar-refractivity contribution in [3.05, 3.63) is 0 Å². The van der Waals surface area contributed by atoms with E-state index in [4.69, 9.17) is 15.0 Å². The van der Waals surface area contributed by atoms with E-state index >= 15 is 0 Å². The number of benzene rings is 7. The molecular weight excluding hydrogens is 910 g/mol. The summed E-state index contributed by atoms with van der Waals surface area (Å²) < 4.78 is 5.59. The number of nitrogens with zero attached hydrogens (tertiary/aromatic N) is 4. The number of hydrogen-bond donors (Lipinski definition) is 0. The van der Waals surface area contributed by atoms with Crippen LogP contribution in [-0.2, 0) is 0 Å². The molecule has 11 rings (SSSR count). The maximum absolute atomic E-state index is 5.67. The quantitative estimate of drug-likeness (QED) is 0.165. The zero-order valence-corrected chi connectivity index (χ0v) is 51.5. The molecule has 0 radical (unpaired) electrons. The lowest BCUT2D eigenvalue weighted by atomic mass is 9.59. The highest BCUT2D eigenvalue weighted by molar-refractivity contribution is 7.28. The van der Waals surface area contributed by atoms with Gasteiger partial charge in [0.05, 0.1) is 5.52 Å². The molecule has 4 nitrogen and oxygen atoms in total. The zero-order valence-electron chi connectivity index (χ0n) is 50.7. The molecule has 4 heterocycles. The number of fused-ring (bicyclic) bond motifs is 10. The Morgan fingerprint density at radius 1 is 0.197 bits per heavy atom. The topological polar surface area (TPSA) is 43.1 Å². The van der Waals surface area contributed by atoms with E-state index in [-0.39, 0.29) is 0 Å². The molecule has 0 N–H and O–H groups in total. The van der Waals surface area contributed by atoms with Crippen molar-refractivity contribution in [2.24, 2.45) is 0 Å². The van der Waals surface area contributed by atoms with Gasteiger partial charge in [-0.2, -0.15) is 0 Å². The van der Waals surface area contributed by atoms with Crippen molar-refractivity contribution in [1.82, 2.24) is 19.4 Å². The van der Waals surface area contributed by atoms with Crippen LogP contribution in [-0.4, -0.2) is 223 Å². The van der Waals surface area contributed by atoms with Crippen LogP contribution in [0.1, 0.15) is 0 Å². The maximum Gasteiger partial charge on any atom is 0.162 e. The summed E-state index contributed by atoms with van der Waals surface area (Å²) in [5.41, 5.74) is 44.4. The molecule has 0 amide bonds. The van der Waals surface area contributed by atoms with Gasteiger partial charge in [0, 0.05) is 58.7 Å². The van der Waals surface area contributed by atoms with Crippen molar-refractivity contribution >= 4 is 416 Å². The fourth-order valence-corrected chi connectivity index (χ4v) is 16.1. The second-order valence-corrected chi connectivity index (χ2v) is 24.8. The van der Waals surface area contributed by atoms with Crippen LogP contribution in [0.4, 0.5) is 0 Å². The zero-order chi connectivity index (χ0) is 55.4. The summed E-state index contributed by atoms with van der Waals surface area (Å²) in [5, 5.41) is 8.50. The van der Waals surface area contributed by atoms with Gasteiger partial charge in [0.15, 0.2) is 17.5 Å². The molecule has 0 aliphatic carbocycles. The highest BCUT2D eigenvalue weighted by atomic mass is 32.1. The van der Waals surface area contributed by atoms with Gasteiger partial charge in [0.1, 0.15) is 204 Å². The number of rotatable bonds is 4. The molecule has 4 aromatic heterocycles. The van der Waals surface area contributed by atoms with Gasteiger partial charge in [-0.1, -0.05) is 87.4 Å². The molecule has 0 spiro atoms. The smallest absolute Gasteiger partial charge is 0.162 e. The van der Waals surface area contributed by atoms with Crippen molar-refractivity contribution in [3.63, 3.8) is 0 Å². The van der Waals surface area contributed by atoms with E-state index in [1.54, 1.807) is 0 Å². The van der Waals surface area contributed by atoms with Gasteiger partial charge in [-0.05, 0) is 21.9 Å². The Hall–Kier alpha value is -4.74. The van der Waals surface area contributed by atoms with E-state index < -0.39 is 0 Å². The van der Waals surface area contributed by atoms with Crippen LogP contribution in [0.2, 0.25) is 0 Å². The first-order chi connectivity index (χ1) is 35.6. The molecule has 0 unspecified atom stereocenters. The number of aromatic nitrogens is 4. The summed E-state index contributed by atoms with van der Waals surface area (Å²) in [4.78, 5) is 16.9. The third kappa shape index (κ3) is 6.71. The van der Waals surface area contributed by atoms with Crippen molar-refractivity contribution in [3.8, 4) is 45.3 Å². The van der Waals surface area contributed by atoms with Crippen LogP contribution in [0.25, 0.3) is 104 Å². The van der Waals surface area contributed by atoms with Gasteiger partial charge in [0.25, 0.3) is 0 Å². The number of hydrogen-bond acceptors (Lipinski definition) is 4. The second-order valence-electron chi connectivity index (χ2n) is 23.8. The average Bonchev–Trinajstić information content (AvgIpc) is 4.07. The molecule has 0 bridgehead atoms. The second kappa shape index (κ2) is 17.9. The first-order valence-electron chi connectivity index (χ1n) is 27.7. The third-order valence-corrected chi connectivity index (χ3v) is 22.4. The molecule has 0 fully saturated rings. The molecule has 76 heavy (non-hydrogen) atoms. The molecule has 336 valence electrons. The van der Waals surface area contributed by atoms with E-state index in [0.29, 0.717) is 0 Å². The Balaban J connectivity index is 1.31. The van der Waals surface area contributed by atoms with Gasteiger partial charge in [0.2, 0.25) is 0 Å². The molecule has 0 atom stereocenters. The van der Waals surface area contributed by atoms with E-state index in [0.717, 1.165) is 34.2 Å². The van der Waals surface area contributed by atoms with Crippen molar-refractivity contribution in [1.29, 1.82) is 0 Å². The van der Waals surface area contributed by atoms with Crippen LogP contribution in [0.5, 0.6) is 0 Å². The Labute approximate surface area is 476 Å². The summed E-state index contributed by atoms with van der Waals surface area (Å²) in [7, 11) is 60.2. The fraction of sp³-hybridized carbons (Fsp3) is 0. The molecule has 0 saturated carbocycles. The lowest BCUT2D eigenvalue weighted by Gasteiger charge is -2.26. The predicted molar refractivity (Wildman–Crippen MR) is 422 cm³/mol. The monoisotopic (exact) mass is 967 g/mol. The summed E-state index contributed by atoms with van der Waals surface area (Å²) in [6, 6.07) is 0. The third-order valence-electron chi connectivity index (χ3n) is 21.0. The highest BCUT2D eigenvalue weighted by Gasteiger charge is 2.32. The Kier molecular flexibility index (Phi) is 12.5. The van der Waals surface area contributed by atoms with Crippen LogP contribution in [0.3, 0.4) is 0 Å². The SMILES string of the molecule is Bc1c(B)c(B)c(-c2nc(-c3c(B)c(B)c(B)c(B)c3B)nc(-c3c(B)c(B)c(B)c(-c4c(B)c(B)c5c(c4B)c4c(B)c6c(sc7c(B)c(B)c(B)c(B)c76)c6c7c(B)c(B)c(B)c(B)c7n5c46)c3B)n2)c(B)c1B. The Morgan fingerprint density at radius 3 is 0.934 bits per heavy atom. The summed E-state index contributed by atoms with van der Waals surface area (Å²) in [5.74, 6) is 2.22. The summed E-state index contributed by atoms with van der Waals surface area (Å²) in [6.45, 7) is 0. The Morgan fingerprint density at radius 2 is 0.474 bits per heavy atom. The minimum absolute atomic E-state index is 0.736. The van der Waals surface area contributed by atoms with Crippen molar-refractivity contribution in [2.75, 3.05) is 0 Å². The highest BCUT2D eigenvalue weighted by Crippen LogP contribution is 2.44. The van der Waals surface area contributed by atoms with Crippen LogP contribution >= 0.6 is 11.3 Å². The minimum atomic E-state index is 0.736. The van der Waals surface area contributed by atoms with E-state index in [1.165, 1.54) is 211 Å². The van der Waals surface area contributed by atoms with Crippen molar-refractivity contribution < 1.29 is 0 Å². The maximum atomic E-state index is 5.67. The van der Waals surface area contributed by atoms with E-state index in [9.17, 15) is 0 Å². The molecule has 0 aliphatic rings. The first kappa shape index (κ1) is 53.3. The molecular formula is C45H52B26N4S. The molecule has 31 heteroatoms. The van der Waals surface area contributed by atoms with Gasteiger partial charge < -0.3 is 4.40 Å². The minimum Gasteiger partial charge on any atom is -0.309 e. The fourth-order valence-electron chi connectivity index (χ4n) is 14.6. The standard InChI is InChI=1S/C45H52B26N4S/c46-12-1(2-13(47)9(19(53)24(58)15(2)49)43-72-44(10-20(54)27(61)31(65)28(62)21(10)55)74-45(73-43)11-22(56)29(63)32(66)30(64)23(11)57)16(50)35(69)39-4(12)3-14(48)6-7-18(52)26(60)34(68)37(71)42(7)76-41(6)8-5-17(51)25(59)33(67)36(70)40(5)75(39)38(3)8/h46-71H2. The van der Waals surface area contributed by atoms with Crippen LogP contribution in [0, 0.1) is 0 Å². The normalized spacial score (nSPS) is 12.0. The van der Waals surface area contributed by atoms with E-state index in [1.807, 2.05) is 11.3 Å². The summed E-state index contributed by atoms with van der Waals surface area (Å²) >= 11 is 2.03. The largest absolute Gasteiger partial charge is 0.309 e. The first-order valence-corrected chi connectivity index (χ1v) is 28.5. The Bertz CT molecular complexity index is 4460. The average molecular weight is 962 g/mol. The predicted octanol–water partition coefficient (Wildman–Crippen LogP) is -33.2. The van der Waals surface area contributed by atoms with E-state index in [2.05, 4.69) is 208 Å². The molecule has 0 aliphatic heterocycles. The van der Waals surface area contributed by atoms with Gasteiger partial charge in [-0.25, -0.2) is 15.0 Å². The number of thiophene rings is 1. The lowest BCUT2D eigenvalue weighted by molar-refractivity contribution is 1.08. The molecule has 0 saturated heterocycles.